The van der Waals surface area contributed by atoms with Crippen LogP contribution in [0, 0.1) is 0 Å². The predicted molar refractivity (Wildman–Crippen MR) is 95.3 cm³/mol. The van der Waals surface area contributed by atoms with Crippen molar-refractivity contribution in [2.45, 2.75) is 71.8 Å². The van der Waals surface area contributed by atoms with Crippen molar-refractivity contribution >= 4 is 11.9 Å². The maximum Gasteiger partial charge on any atom is 0.339 e. The molecule has 0 fully saturated rings. The molecule has 1 atom stereocenters. The van der Waals surface area contributed by atoms with Crippen molar-refractivity contribution in [1.29, 1.82) is 0 Å². The number of ether oxygens (including phenoxy) is 2. The van der Waals surface area contributed by atoms with Crippen LogP contribution in [-0.4, -0.2) is 24.6 Å². The molecule has 0 saturated heterocycles. The van der Waals surface area contributed by atoms with Crippen molar-refractivity contribution in [1.82, 2.24) is 0 Å². The highest BCUT2D eigenvalue weighted by atomic mass is 16.5. The summed E-state index contributed by atoms with van der Waals surface area (Å²) in [6, 6.07) is 6.67. The number of hydrogen-bond acceptors (Lipinski definition) is 4. The van der Waals surface area contributed by atoms with Crippen molar-refractivity contribution < 1.29 is 19.1 Å². The van der Waals surface area contributed by atoms with Gasteiger partial charge in [0.2, 0.25) is 0 Å². The molecule has 0 amide bonds. The second kappa shape index (κ2) is 11.7. The predicted octanol–water partition coefficient (Wildman–Crippen LogP) is 5.16. The van der Waals surface area contributed by atoms with Crippen molar-refractivity contribution in [3.8, 4) is 0 Å². The smallest absolute Gasteiger partial charge is 0.339 e. The molecule has 1 aromatic carbocycles. The van der Waals surface area contributed by atoms with E-state index in [9.17, 15) is 9.59 Å². The fourth-order valence-corrected chi connectivity index (χ4v) is 2.39. The lowest BCUT2D eigenvalue weighted by Crippen LogP contribution is -2.18. The summed E-state index contributed by atoms with van der Waals surface area (Å²) in [4.78, 5) is 24.5. The van der Waals surface area contributed by atoms with Gasteiger partial charge in [0, 0.05) is 0 Å². The summed E-state index contributed by atoms with van der Waals surface area (Å²) in [7, 11) is 0. The fourth-order valence-electron chi connectivity index (χ4n) is 2.39. The molecule has 4 heteroatoms. The lowest BCUT2D eigenvalue weighted by Gasteiger charge is -2.14. The third-order valence-corrected chi connectivity index (χ3v) is 3.87. The number of benzene rings is 1. The van der Waals surface area contributed by atoms with Gasteiger partial charge in [-0.25, -0.2) is 9.59 Å². The van der Waals surface area contributed by atoms with Gasteiger partial charge < -0.3 is 9.47 Å². The molecule has 1 aromatic rings. The molecule has 134 valence electrons. The van der Waals surface area contributed by atoms with Crippen LogP contribution in [0.5, 0.6) is 0 Å². The average Bonchev–Trinajstić information content (AvgIpc) is 2.59. The lowest BCUT2D eigenvalue weighted by molar-refractivity contribution is 0.0307. The van der Waals surface area contributed by atoms with Crippen molar-refractivity contribution in [2.24, 2.45) is 0 Å². The molecule has 0 bridgehead atoms. The Morgan fingerprint density at radius 3 is 2.17 bits per heavy atom. The highest BCUT2D eigenvalue weighted by Crippen LogP contribution is 2.15. The maximum absolute atomic E-state index is 12.4. The summed E-state index contributed by atoms with van der Waals surface area (Å²) in [5, 5.41) is 0. The Balaban J connectivity index is 2.61. The van der Waals surface area contributed by atoms with Gasteiger partial charge in [-0.2, -0.15) is 0 Å². The second-order valence-corrected chi connectivity index (χ2v) is 6.10. The number of rotatable bonds is 11. The molecule has 24 heavy (non-hydrogen) atoms. The van der Waals surface area contributed by atoms with Gasteiger partial charge in [0.25, 0.3) is 0 Å². The van der Waals surface area contributed by atoms with E-state index in [2.05, 4.69) is 6.92 Å². The van der Waals surface area contributed by atoms with Crippen LogP contribution in [0.3, 0.4) is 0 Å². The van der Waals surface area contributed by atoms with E-state index in [1.165, 1.54) is 12.8 Å². The van der Waals surface area contributed by atoms with Gasteiger partial charge in [-0.1, -0.05) is 51.7 Å². The molecule has 1 rings (SSSR count). The Morgan fingerprint density at radius 2 is 1.54 bits per heavy atom. The van der Waals surface area contributed by atoms with Crippen LogP contribution in [0.4, 0.5) is 0 Å². The van der Waals surface area contributed by atoms with Gasteiger partial charge in [0.15, 0.2) is 0 Å². The molecule has 0 radical (unpaired) electrons. The minimum Gasteiger partial charge on any atom is -0.462 e. The van der Waals surface area contributed by atoms with Crippen LogP contribution < -0.4 is 0 Å². The maximum atomic E-state index is 12.4. The average molecular weight is 334 g/mol. The summed E-state index contributed by atoms with van der Waals surface area (Å²) in [6.45, 7) is 6.46. The van der Waals surface area contributed by atoms with E-state index in [1.807, 2.05) is 13.8 Å². The topological polar surface area (TPSA) is 52.6 Å². The molecule has 0 aromatic heterocycles. The zero-order chi connectivity index (χ0) is 17.8. The third-order valence-electron chi connectivity index (χ3n) is 3.87. The molecule has 0 N–H and O–H groups in total. The van der Waals surface area contributed by atoms with E-state index in [1.54, 1.807) is 24.3 Å². The first kappa shape index (κ1) is 20.2. The van der Waals surface area contributed by atoms with E-state index >= 15 is 0 Å². The van der Waals surface area contributed by atoms with Gasteiger partial charge in [0.05, 0.1) is 23.8 Å². The van der Waals surface area contributed by atoms with E-state index < -0.39 is 11.9 Å². The summed E-state index contributed by atoms with van der Waals surface area (Å²) in [5.74, 6) is -0.923. The highest BCUT2D eigenvalue weighted by molar-refractivity contribution is 6.03. The van der Waals surface area contributed by atoms with Crippen LogP contribution in [0.1, 0.15) is 86.4 Å². The quantitative estimate of drug-likeness (QED) is 0.414. The standard InChI is InChI=1S/C20H30O4/c1-4-6-8-9-12-16(3)24-20(22)18-14-11-10-13-17(18)19(21)23-15-7-5-2/h10-11,13-14,16H,4-9,12,15H2,1-3H3/t16-/m1/s1. The molecule has 0 aliphatic carbocycles. The molecular weight excluding hydrogens is 304 g/mol. The van der Waals surface area contributed by atoms with Crippen LogP contribution in [0.2, 0.25) is 0 Å². The first-order chi connectivity index (χ1) is 11.6. The van der Waals surface area contributed by atoms with Crippen LogP contribution in [0.15, 0.2) is 24.3 Å². The summed E-state index contributed by atoms with van der Waals surface area (Å²) < 4.78 is 10.7. The number of carbonyl (C=O) groups excluding carboxylic acids is 2. The van der Waals surface area contributed by atoms with E-state index in [4.69, 9.17) is 9.47 Å². The van der Waals surface area contributed by atoms with E-state index in [0.29, 0.717) is 6.61 Å². The molecule has 0 heterocycles. The summed E-state index contributed by atoms with van der Waals surface area (Å²) in [5.41, 5.74) is 0.552. The zero-order valence-electron chi connectivity index (χ0n) is 15.2. The Morgan fingerprint density at radius 1 is 0.917 bits per heavy atom. The highest BCUT2D eigenvalue weighted by Gasteiger charge is 2.20. The van der Waals surface area contributed by atoms with E-state index in [0.717, 1.165) is 32.1 Å². The third kappa shape index (κ3) is 7.16. The summed E-state index contributed by atoms with van der Waals surface area (Å²) in [6.07, 6.45) is 7.03. The minimum atomic E-state index is -0.466. The Kier molecular flexibility index (Phi) is 9.81. The van der Waals surface area contributed by atoms with Crippen LogP contribution in [-0.2, 0) is 9.47 Å². The Bertz CT molecular complexity index is 510. The van der Waals surface area contributed by atoms with E-state index in [-0.39, 0.29) is 17.2 Å². The van der Waals surface area contributed by atoms with Crippen molar-refractivity contribution in [3.05, 3.63) is 35.4 Å². The number of hydrogen-bond donors (Lipinski definition) is 0. The normalized spacial score (nSPS) is 11.8. The molecular formula is C20H30O4. The van der Waals surface area contributed by atoms with Crippen LogP contribution in [0.25, 0.3) is 0 Å². The zero-order valence-corrected chi connectivity index (χ0v) is 15.2. The molecule has 0 unspecified atom stereocenters. The Hall–Kier alpha value is -1.84. The van der Waals surface area contributed by atoms with Crippen molar-refractivity contribution in [3.63, 3.8) is 0 Å². The van der Waals surface area contributed by atoms with Gasteiger partial charge >= 0.3 is 11.9 Å². The molecule has 0 spiro atoms. The lowest BCUT2D eigenvalue weighted by atomic mass is 10.1. The number of unbranched alkanes of at least 4 members (excludes halogenated alkanes) is 4. The number of carbonyl (C=O) groups is 2. The minimum absolute atomic E-state index is 0.154. The van der Waals surface area contributed by atoms with Gasteiger partial charge in [-0.15, -0.1) is 0 Å². The monoisotopic (exact) mass is 334 g/mol. The first-order valence-electron chi connectivity index (χ1n) is 9.07. The largest absolute Gasteiger partial charge is 0.462 e. The number of esters is 2. The van der Waals surface area contributed by atoms with Gasteiger partial charge in [-0.05, 0) is 38.3 Å². The van der Waals surface area contributed by atoms with Gasteiger partial charge in [0.1, 0.15) is 0 Å². The molecule has 0 aliphatic heterocycles. The fraction of sp³-hybridized carbons (Fsp3) is 0.600. The SMILES string of the molecule is CCCCCC[C@@H](C)OC(=O)c1ccccc1C(=O)OCCCC. The second-order valence-electron chi connectivity index (χ2n) is 6.10. The first-order valence-corrected chi connectivity index (χ1v) is 9.07. The van der Waals surface area contributed by atoms with Crippen molar-refractivity contribution in [2.75, 3.05) is 6.61 Å². The molecule has 0 aliphatic rings. The molecule has 4 nitrogen and oxygen atoms in total. The summed E-state index contributed by atoms with van der Waals surface area (Å²) >= 11 is 0. The van der Waals surface area contributed by atoms with Crippen LogP contribution >= 0.6 is 0 Å². The Labute approximate surface area is 145 Å². The van der Waals surface area contributed by atoms with Gasteiger partial charge in [-0.3, -0.25) is 0 Å². The molecule has 0 saturated carbocycles.